The van der Waals surface area contributed by atoms with Crippen molar-refractivity contribution in [1.82, 2.24) is 4.90 Å². The molecule has 1 aliphatic rings. The van der Waals surface area contributed by atoms with Crippen molar-refractivity contribution in [3.8, 4) is 0 Å². The number of nitrogens with zero attached hydrogens (tertiary/aromatic N) is 5. The van der Waals surface area contributed by atoms with Gasteiger partial charge in [-0.05, 0) is 6.92 Å². The normalized spacial score (nSPS) is 15.0. The third kappa shape index (κ3) is 5.36. The molecule has 0 amide bonds. The van der Waals surface area contributed by atoms with Crippen LogP contribution in [-0.4, -0.2) is 61.8 Å². The summed E-state index contributed by atoms with van der Waals surface area (Å²) in [5.41, 5.74) is 14.1. The van der Waals surface area contributed by atoms with E-state index in [4.69, 9.17) is 5.53 Å². The molecule has 1 saturated heterocycles. The minimum absolute atomic E-state index is 0.138. The maximum atomic E-state index is 13.0. The number of piperazine rings is 1. The van der Waals surface area contributed by atoms with E-state index in [2.05, 4.69) is 66.7 Å². The zero-order chi connectivity index (χ0) is 21.9. The quantitative estimate of drug-likeness (QED) is 0.184. The molecule has 0 aliphatic carbocycles. The monoisotopic (exact) mass is 513 g/mol. The summed E-state index contributed by atoms with van der Waals surface area (Å²) in [4.78, 5) is 27.4. The summed E-state index contributed by atoms with van der Waals surface area (Å²) in [7, 11) is 0. The van der Waals surface area contributed by atoms with Gasteiger partial charge in [-0.3, -0.25) is 0 Å². The van der Waals surface area contributed by atoms with Crippen LogP contribution in [0.1, 0.15) is 21.5 Å². The van der Waals surface area contributed by atoms with Gasteiger partial charge in [0.05, 0.1) is 0 Å². The molecule has 0 spiro atoms. The van der Waals surface area contributed by atoms with E-state index in [1.54, 1.807) is 6.07 Å². The van der Waals surface area contributed by atoms with Crippen molar-refractivity contribution in [1.29, 1.82) is 0 Å². The van der Waals surface area contributed by atoms with Crippen LogP contribution in [0.4, 0.5) is 11.4 Å². The van der Waals surface area contributed by atoms with Gasteiger partial charge < -0.3 is 0 Å². The van der Waals surface area contributed by atoms with Crippen molar-refractivity contribution in [3.63, 3.8) is 0 Å². The Bertz CT molecular complexity index is 984. The van der Waals surface area contributed by atoms with Crippen LogP contribution in [0.15, 0.2) is 41.5 Å². The number of rotatable bonds is 6. The standard InChI is InChI=1S/C20H22N5O.3CH3.Sn/c1-15-3-8-19(16(2)13-15)25-11-9-24(10-12-25)14-20(26)17-4-6-18(7-5-17)22-23-21;;;;/h3-6,8,13H,9-12,14H2,1-2H3;3*1H3;. The third-order valence-corrected chi connectivity index (χ3v) is 11.5. The third-order valence-electron chi connectivity index (χ3n) is 5.71. The maximum absolute atomic E-state index is 13.0. The molecule has 2 aromatic carbocycles. The van der Waals surface area contributed by atoms with E-state index in [1.165, 1.54) is 16.8 Å². The molecule has 3 rings (SSSR count). The average Bonchev–Trinajstić information content (AvgIpc) is 2.68. The second-order valence-electron chi connectivity index (χ2n) is 9.15. The van der Waals surface area contributed by atoms with Crippen molar-refractivity contribution < 1.29 is 4.79 Å². The van der Waals surface area contributed by atoms with E-state index >= 15 is 0 Å². The van der Waals surface area contributed by atoms with Crippen molar-refractivity contribution >= 4 is 39.1 Å². The van der Waals surface area contributed by atoms with Crippen molar-refractivity contribution in [2.24, 2.45) is 5.11 Å². The molecule has 7 heteroatoms. The predicted octanol–water partition coefficient (Wildman–Crippen LogP) is 4.80. The van der Waals surface area contributed by atoms with Crippen LogP contribution in [0.2, 0.25) is 14.8 Å². The van der Waals surface area contributed by atoms with Gasteiger partial charge in [0.1, 0.15) is 0 Å². The second kappa shape index (κ2) is 9.41. The zero-order valence-electron chi connectivity index (χ0n) is 18.6. The fourth-order valence-corrected chi connectivity index (χ4v) is 8.30. The van der Waals surface area contributed by atoms with E-state index in [-0.39, 0.29) is 5.78 Å². The number of azide groups is 1. The molecule has 0 radical (unpaired) electrons. The first kappa shape index (κ1) is 22.7. The van der Waals surface area contributed by atoms with Crippen LogP contribution in [-0.2, 0) is 0 Å². The minimum atomic E-state index is -2.52. The number of Topliss-reactive ketones (excluding diaryl/α,β-unsaturated/α-hetero) is 1. The fraction of sp³-hybridized carbons (Fsp3) is 0.435. The zero-order valence-corrected chi connectivity index (χ0v) is 21.5. The van der Waals surface area contributed by atoms with Crippen molar-refractivity contribution in [2.75, 3.05) is 37.6 Å². The molecule has 0 saturated carbocycles. The summed E-state index contributed by atoms with van der Waals surface area (Å²) in [6.07, 6.45) is 0. The Balaban J connectivity index is 1.67. The molecule has 0 unspecified atom stereocenters. The molecular formula is C23H31N5OSn. The first-order chi connectivity index (χ1) is 14.2. The summed E-state index contributed by atoms with van der Waals surface area (Å²) in [6, 6.07) is 12.2. The molecule has 1 fully saturated rings. The molecule has 0 N–H and O–H groups in total. The molecule has 1 heterocycles. The first-order valence-electron chi connectivity index (χ1n) is 10.5. The van der Waals surface area contributed by atoms with Gasteiger partial charge in [0.15, 0.2) is 0 Å². The molecule has 0 bridgehead atoms. The van der Waals surface area contributed by atoms with Crippen LogP contribution < -0.4 is 8.48 Å². The molecular weight excluding hydrogens is 481 g/mol. The summed E-state index contributed by atoms with van der Waals surface area (Å²) in [5.74, 6) is 0.138. The van der Waals surface area contributed by atoms with Crippen LogP contribution in [0, 0.1) is 13.8 Å². The number of benzene rings is 2. The van der Waals surface area contributed by atoms with Gasteiger partial charge in [-0.15, -0.1) is 0 Å². The number of carbonyl (C=O) groups is 1. The number of carbonyl (C=O) groups excluding carboxylic acids is 1. The number of hydrogen-bond acceptors (Lipinski definition) is 4. The van der Waals surface area contributed by atoms with E-state index in [1.807, 2.05) is 12.1 Å². The molecule has 0 atom stereocenters. The summed E-state index contributed by atoms with van der Waals surface area (Å²) < 4.78 is 1.10. The van der Waals surface area contributed by atoms with E-state index < -0.39 is 18.4 Å². The van der Waals surface area contributed by atoms with E-state index in [9.17, 15) is 4.79 Å². The Morgan fingerprint density at radius 2 is 1.77 bits per heavy atom. The van der Waals surface area contributed by atoms with Gasteiger partial charge in [-0.25, -0.2) is 0 Å². The van der Waals surface area contributed by atoms with Crippen molar-refractivity contribution in [2.45, 2.75) is 28.7 Å². The topological polar surface area (TPSA) is 72.3 Å². The number of anilines is 1. The number of hydrogen-bond donors (Lipinski definition) is 0. The van der Waals surface area contributed by atoms with Gasteiger partial charge >= 0.3 is 171 Å². The molecule has 2 aromatic rings. The van der Waals surface area contributed by atoms with Crippen molar-refractivity contribution in [3.05, 3.63) is 63.5 Å². The fourth-order valence-electron chi connectivity index (χ4n) is 4.05. The van der Waals surface area contributed by atoms with Gasteiger partial charge in [-0.2, -0.15) is 0 Å². The average molecular weight is 512 g/mol. The number of ketones is 1. The summed E-state index contributed by atoms with van der Waals surface area (Å²) >= 11 is -2.52. The van der Waals surface area contributed by atoms with Crippen LogP contribution in [0.5, 0.6) is 0 Å². The molecule has 6 nitrogen and oxygen atoms in total. The first-order valence-corrected chi connectivity index (χ1v) is 20.5. The summed E-state index contributed by atoms with van der Waals surface area (Å²) in [6.45, 7) is 8.32. The molecule has 1 aliphatic heterocycles. The van der Waals surface area contributed by atoms with Gasteiger partial charge in [0, 0.05) is 0 Å². The summed E-state index contributed by atoms with van der Waals surface area (Å²) in [5, 5.41) is 3.84. The Morgan fingerprint density at radius 3 is 2.37 bits per heavy atom. The van der Waals surface area contributed by atoms with Gasteiger partial charge in [0.2, 0.25) is 0 Å². The number of aryl methyl sites for hydroxylation is 2. The second-order valence-corrected chi connectivity index (χ2v) is 23.5. The Labute approximate surface area is 183 Å². The van der Waals surface area contributed by atoms with Crippen LogP contribution >= 0.6 is 0 Å². The van der Waals surface area contributed by atoms with E-state index in [0.29, 0.717) is 12.2 Å². The SMILES string of the molecule is Cc1ccc(N2CCN(CC(=O)c3ccc(N=[N+]=[N-])[c]([Sn]([CH3])([CH3])[CH3])c3)CC2)c(C)c1. The molecule has 30 heavy (non-hydrogen) atoms. The van der Waals surface area contributed by atoms with Crippen LogP contribution in [0.25, 0.3) is 10.4 Å². The Morgan fingerprint density at radius 1 is 1.07 bits per heavy atom. The molecule has 158 valence electrons. The molecule has 0 aromatic heterocycles. The predicted molar refractivity (Wildman–Crippen MR) is 127 cm³/mol. The van der Waals surface area contributed by atoms with Gasteiger partial charge in [0.25, 0.3) is 0 Å². The Hall–Kier alpha value is -2.02. The van der Waals surface area contributed by atoms with Crippen LogP contribution in [0.3, 0.4) is 0 Å². The van der Waals surface area contributed by atoms with E-state index in [0.717, 1.165) is 35.3 Å². The Kier molecular flexibility index (Phi) is 7.11. The van der Waals surface area contributed by atoms with Gasteiger partial charge in [-0.1, -0.05) is 5.56 Å².